The molecule has 7 heteroatoms. The molecular formula is C19H17N3O3S. The number of carbonyl (C=O) groups excluding carboxylic acids is 1. The van der Waals surface area contributed by atoms with Crippen molar-refractivity contribution in [2.45, 2.75) is 26.3 Å². The molecule has 0 saturated carbocycles. The van der Waals surface area contributed by atoms with Crippen molar-refractivity contribution >= 4 is 27.5 Å². The monoisotopic (exact) mass is 367 g/mol. The first-order valence-corrected chi connectivity index (χ1v) is 9.14. The molecule has 3 rings (SSSR count). The number of unbranched alkanes of at least 4 members (excludes halogenated alkanes) is 1. The van der Waals surface area contributed by atoms with E-state index in [2.05, 4.69) is 11.1 Å². The highest BCUT2D eigenvalue weighted by Crippen LogP contribution is 2.22. The van der Waals surface area contributed by atoms with E-state index in [0.29, 0.717) is 28.9 Å². The molecule has 0 aliphatic heterocycles. The summed E-state index contributed by atoms with van der Waals surface area (Å²) in [5.41, 5.74) is 1.43. The van der Waals surface area contributed by atoms with Crippen molar-refractivity contribution in [3.8, 4) is 6.07 Å². The highest BCUT2D eigenvalue weighted by atomic mass is 32.1. The summed E-state index contributed by atoms with van der Waals surface area (Å²) in [5, 5.41) is 10.8. The Hall–Kier alpha value is -2.98. The maximum atomic E-state index is 12.8. The Balaban J connectivity index is 1.91. The predicted molar refractivity (Wildman–Crippen MR) is 99.3 cm³/mol. The average molecular weight is 367 g/mol. The SMILES string of the molecule is CCCCOC(=O)c1csc2ncn(Cc3ccc(C#N)cc3)c(=O)c12. The Bertz CT molecular complexity index is 1030. The minimum atomic E-state index is -0.486. The second kappa shape index (κ2) is 7.93. The van der Waals surface area contributed by atoms with Gasteiger partial charge in [-0.25, -0.2) is 9.78 Å². The van der Waals surface area contributed by atoms with Crippen LogP contribution in [0.1, 0.15) is 41.3 Å². The van der Waals surface area contributed by atoms with Crippen molar-refractivity contribution in [1.82, 2.24) is 9.55 Å². The van der Waals surface area contributed by atoms with Gasteiger partial charge < -0.3 is 4.74 Å². The predicted octanol–water partition coefficient (Wildman–Crippen LogP) is 3.33. The van der Waals surface area contributed by atoms with E-state index in [1.807, 2.05) is 6.92 Å². The minimum Gasteiger partial charge on any atom is -0.462 e. The molecule has 0 amide bonds. The van der Waals surface area contributed by atoms with Crippen molar-refractivity contribution in [1.29, 1.82) is 5.26 Å². The normalized spacial score (nSPS) is 10.6. The first-order chi connectivity index (χ1) is 12.6. The van der Waals surface area contributed by atoms with E-state index in [-0.39, 0.29) is 11.1 Å². The Kier molecular flexibility index (Phi) is 5.44. The van der Waals surface area contributed by atoms with E-state index in [4.69, 9.17) is 10.00 Å². The number of aromatic nitrogens is 2. The van der Waals surface area contributed by atoms with Crippen molar-refractivity contribution in [3.63, 3.8) is 0 Å². The van der Waals surface area contributed by atoms with Crippen LogP contribution in [0.15, 0.2) is 40.8 Å². The number of rotatable bonds is 6. The maximum Gasteiger partial charge on any atom is 0.339 e. The minimum absolute atomic E-state index is 0.271. The lowest BCUT2D eigenvalue weighted by Crippen LogP contribution is -2.22. The van der Waals surface area contributed by atoms with Gasteiger partial charge in [0.05, 0.1) is 42.1 Å². The maximum absolute atomic E-state index is 12.8. The summed E-state index contributed by atoms with van der Waals surface area (Å²) in [6.45, 7) is 2.67. The van der Waals surface area contributed by atoms with Crippen LogP contribution in [0.25, 0.3) is 10.2 Å². The van der Waals surface area contributed by atoms with Gasteiger partial charge in [0.25, 0.3) is 5.56 Å². The Morgan fingerprint density at radius 1 is 1.35 bits per heavy atom. The third kappa shape index (κ3) is 3.65. The highest BCUT2D eigenvalue weighted by molar-refractivity contribution is 7.17. The first-order valence-electron chi connectivity index (χ1n) is 8.27. The number of thiophene rings is 1. The molecular weight excluding hydrogens is 350 g/mol. The molecule has 0 spiro atoms. The number of fused-ring (bicyclic) bond motifs is 1. The van der Waals surface area contributed by atoms with Crippen LogP contribution in [0, 0.1) is 11.3 Å². The van der Waals surface area contributed by atoms with E-state index in [0.717, 1.165) is 18.4 Å². The molecule has 0 aliphatic carbocycles. The summed E-state index contributed by atoms with van der Waals surface area (Å²) >= 11 is 1.25. The number of esters is 1. The van der Waals surface area contributed by atoms with E-state index in [1.165, 1.54) is 22.2 Å². The summed E-state index contributed by atoms with van der Waals surface area (Å²) in [6, 6.07) is 9.05. The van der Waals surface area contributed by atoms with Gasteiger partial charge in [0.2, 0.25) is 0 Å². The van der Waals surface area contributed by atoms with Crippen LogP contribution in [-0.4, -0.2) is 22.1 Å². The van der Waals surface area contributed by atoms with Gasteiger partial charge in [0, 0.05) is 5.38 Å². The fraction of sp³-hybridized carbons (Fsp3) is 0.263. The fourth-order valence-corrected chi connectivity index (χ4v) is 3.37. The second-order valence-corrected chi connectivity index (χ2v) is 6.66. The number of benzene rings is 1. The average Bonchev–Trinajstić information content (AvgIpc) is 3.10. The second-order valence-electron chi connectivity index (χ2n) is 5.81. The van der Waals surface area contributed by atoms with Crippen LogP contribution in [0.2, 0.25) is 0 Å². The summed E-state index contributed by atoms with van der Waals surface area (Å²) in [6.07, 6.45) is 3.19. The first kappa shape index (κ1) is 17.8. The van der Waals surface area contributed by atoms with E-state index in [9.17, 15) is 9.59 Å². The van der Waals surface area contributed by atoms with Crippen molar-refractivity contribution in [2.75, 3.05) is 6.61 Å². The molecule has 0 aliphatic rings. The molecule has 0 fully saturated rings. The number of hydrogen-bond donors (Lipinski definition) is 0. The van der Waals surface area contributed by atoms with Gasteiger partial charge in [-0.2, -0.15) is 5.26 Å². The van der Waals surface area contributed by atoms with Crippen LogP contribution in [0.3, 0.4) is 0 Å². The van der Waals surface area contributed by atoms with Crippen molar-refractivity contribution in [3.05, 3.63) is 63.0 Å². The van der Waals surface area contributed by atoms with Crippen molar-refractivity contribution < 1.29 is 9.53 Å². The van der Waals surface area contributed by atoms with Gasteiger partial charge in [-0.3, -0.25) is 9.36 Å². The summed E-state index contributed by atoms with van der Waals surface area (Å²) < 4.78 is 6.69. The number of nitriles is 1. The molecule has 26 heavy (non-hydrogen) atoms. The molecule has 2 aromatic heterocycles. The van der Waals surface area contributed by atoms with E-state index >= 15 is 0 Å². The Labute approximate surface area is 154 Å². The standard InChI is InChI=1S/C19H17N3O3S/c1-2-3-8-25-19(24)15-11-26-17-16(15)18(23)22(12-21-17)10-14-6-4-13(9-20)5-7-14/h4-7,11-12H,2-3,8,10H2,1H3. The van der Waals surface area contributed by atoms with Crippen LogP contribution >= 0.6 is 11.3 Å². The summed E-state index contributed by atoms with van der Waals surface area (Å²) in [4.78, 5) is 29.9. The zero-order valence-electron chi connectivity index (χ0n) is 14.3. The Morgan fingerprint density at radius 2 is 2.12 bits per heavy atom. The third-order valence-corrected chi connectivity index (χ3v) is 4.83. The topological polar surface area (TPSA) is 85.0 Å². The van der Waals surface area contributed by atoms with Gasteiger partial charge in [-0.15, -0.1) is 11.3 Å². The van der Waals surface area contributed by atoms with Crippen molar-refractivity contribution in [2.24, 2.45) is 0 Å². The molecule has 0 bridgehead atoms. The molecule has 1 aromatic carbocycles. The zero-order chi connectivity index (χ0) is 18.5. The van der Waals surface area contributed by atoms with Gasteiger partial charge in [0.1, 0.15) is 4.83 Å². The lowest BCUT2D eigenvalue weighted by Gasteiger charge is -2.07. The summed E-state index contributed by atoms with van der Waals surface area (Å²) in [7, 11) is 0. The number of ether oxygens (including phenoxy) is 1. The molecule has 0 saturated heterocycles. The number of carbonyl (C=O) groups is 1. The molecule has 0 atom stereocenters. The lowest BCUT2D eigenvalue weighted by molar-refractivity contribution is 0.0502. The lowest BCUT2D eigenvalue weighted by atomic mass is 10.1. The highest BCUT2D eigenvalue weighted by Gasteiger charge is 2.18. The molecule has 0 unspecified atom stereocenters. The fourth-order valence-electron chi connectivity index (χ4n) is 2.50. The molecule has 2 heterocycles. The quantitative estimate of drug-likeness (QED) is 0.493. The third-order valence-electron chi connectivity index (χ3n) is 3.95. The van der Waals surface area contributed by atoms with E-state index in [1.54, 1.807) is 29.6 Å². The molecule has 6 nitrogen and oxygen atoms in total. The smallest absolute Gasteiger partial charge is 0.339 e. The molecule has 132 valence electrons. The largest absolute Gasteiger partial charge is 0.462 e. The van der Waals surface area contributed by atoms with Gasteiger partial charge in [-0.05, 0) is 24.1 Å². The Morgan fingerprint density at radius 3 is 2.81 bits per heavy atom. The van der Waals surface area contributed by atoms with E-state index < -0.39 is 5.97 Å². The van der Waals surface area contributed by atoms with Crippen LogP contribution in [-0.2, 0) is 11.3 Å². The molecule has 0 N–H and O–H groups in total. The zero-order valence-corrected chi connectivity index (χ0v) is 15.1. The van der Waals surface area contributed by atoms with Crippen LogP contribution < -0.4 is 5.56 Å². The molecule has 0 radical (unpaired) electrons. The van der Waals surface area contributed by atoms with Crippen LogP contribution in [0.5, 0.6) is 0 Å². The summed E-state index contributed by atoms with van der Waals surface area (Å²) in [5.74, 6) is -0.486. The number of nitrogens with zero attached hydrogens (tertiary/aromatic N) is 3. The van der Waals surface area contributed by atoms with Gasteiger partial charge in [-0.1, -0.05) is 25.5 Å². The number of hydrogen-bond acceptors (Lipinski definition) is 6. The molecule has 3 aromatic rings. The van der Waals surface area contributed by atoms with Gasteiger partial charge in [0.15, 0.2) is 0 Å². The van der Waals surface area contributed by atoms with Crippen LogP contribution in [0.4, 0.5) is 0 Å². The van der Waals surface area contributed by atoms with Gasteiger partial charge >= 0.3 is 5.97 Å².